The van der Waals surface area contributed by atoms with Crippen LogP contribution in [0, 0.1) is 6.92 Å². The Morgan fingerprint density at radius 2 is 1.92 bits per heavy atom. The predicted molar refractivity (Wildman–Crippen MR) is 88.0 cm³/mol. The van der Waals surface area contributed by atoms with Crippen molar-refractivity contribution in [3.8, 4) is 11.5 Å². The molecule has 1 aromatic heterocycles. The summed E-state index contributed by atoms with van der Waals surface area (Å²) < 4.78 is 13.2. The molecule has 4 rings (SSSR count). The van der Waals surface area contributed by atoms with E-state index in [1.165, 1.54) is 0 Å². The normalized spacial score (nSPS) is 13.2. The smallest absolute Gasteiger partial charge is 0.336 e. The van der Waals surface area contributed by atoms with Gasteiger partial charge in [0.2, 0.25) is 0 Å². The molecule has 0 atom stereocenters. The highest BCUT2D eigenvalue weighted by Gasteiger charge is 2.18. The van der Waals surface area contributed by atoms with Crippen LogP contribution in [0.5, 0.6) is 11.5 Å². The van der Waals surface area contributed by atoms with Gasteiger partial charge in [0, 0.05) is 12.1 Å². The second kappa shape index (κ2) is 5.56. The lowest BCUT2D eigenvalue weighted by Crippen LogP contribution is -2.15. The maximum atomic E-state index is 11.4. The van der Waals surface area contributed by atoms with Crippen LogP contribution in [-0.2, 0) is 6.54 Å². The Morgan fingerprint density at radius 1 is 1.21 bits per heavy atom. The molecule has 1 aliphatic rings. The van der Waals surface area contributed by atoms with E-state index in [0.717, 1.165) is 22.4 Å². The molecule has 0 unspecified atom stereocenters. The van der Waals surface area contributed by atoms with Gasteiger partial charge in [-0.25, -0.2) is 9.78 Å². The van der Waals surface area contributed by atoms with Crippen LogP contribution in [0.15, 0.2) is 36.4 Å². The Balaban J connectivity index is 1.82. The van der Waals surface area contributed by atoms with Crippen LogP contribution < -0.4 is 9.47 Å². The number of carboxylic acid groups (broad SMARTS) is 1. The number of aromatic carboxylic acids is 1. The molecule has 0 aliphatic carbocycles. The van der Waals surface area contributed by atoms with Crippen molar-refractivity contribution in [3.05, 3.63) is 53.3 Å². The Hall–Kier alpha value is -3.02. The Bertz CT molecular complexity index is 946. The van der Waals surface area contributed by atoms with Gasteiger partial charge >= 0.3 is 5.97 Å². The molecule has 0 saturated heterocycles. The summed E-state index contributed by atoms with van der Waals surface area (Å²) in [6.45, 7) is 3.40. The molecule has 6 heteroatoms. The fourth-order valence-electron chi connectivity index (χ4n) is 3.02. The lowest BCUT2D eigenvalue weighted by molar-refractivity contribution is 0.0695. The topological polar surface area (TPSA) is 73.6 Å². The van der Waals surface area contributed by atoms with Crippen molar-refractivity contribution >= 4 is 17.0 Å². The number of hydrogen-bond acceptors (Lipinski definition) is 4. The van der Waals surface area contributed by atoms with Crippen LogP contribution >= 0.6 is 0 Å². The minimum absolute atomic E-state index is 0.302. The van der Waals surface area contributed by atoms with E-state index < -0.39 is 5.97 Å². The summed E-state index contributed by atoms with van der Waals surface area (Å²) in [4.78, 5) is 16.0. The number of carboxylic acids is 1. The SMILES string of the molecule is Cc1nc2cc3c(cc2n1Cc1ccccc1C(=O)O)OCCO3. The van der Waals surface area contributed by atoms with E-state index >= 15 is 0 Å². The summed E-state index contributed by atoms with van der Waals surface area (Å²) in [6.07, 6.45) is 0. The molecule has 1 N–H and O–H groups in total. The highest BCUT2D eigenvalue weighted by molar-refractivity contribution is 5.89. The molecule has 2 heterocycles. The van der Waals surface area contributed by atoms with E-state index in [2.05, 4.69) is 4.98 Å². The van der Waals surface area contributed by atoms with Gasteiger partial charge in [0.25, 0.3) is 0 Å². The third-order valence-corrected chi connectivity index (χ3v) is 4.18. The molecule has 1 aliphatic heterocycles. The number of aryl methyl sites for hydroxylation is 1. The van der Waals surface area contributed by atoms with Crippen molar-refractivity contribution in [2.75, 3.05) is 13.2 Å². The fourth-order valence-corrected chi connectivity index (χ4v) is 3.02. The van der Waals surface area contributed by atoms with Gasteiger partial charge in [-0.1, -0.05) is 18.2 Å². The second-order valence-corrected chi connectivity index (χ2v) is 5.69. The van der Waals surface area contributed by atoms with Crippen molar-refractivity contribution < 1.29 is 19.4 Å². The minimum atomic E-state index is -0.929. The first kappa shape index (κ1) is 14.6. The standard InChI is InChI=1S/C18H16N2O4/c1-11-19-14-8-16-17(24-7-6-23-16)9-15(14)20(11)10-12-4-2-3-5-13(12)18(21)22/h2-5,8-9H,6-7,10H2,1H3,(H,21,22). The van der Waals surface area contributed by atoms with Crippen molar-refractivity contribution in [1.29, 1.82) is 0 Å². The molecular formula is C18H16N2O4. The average Bonchev–Trinajstić information content (AvgIpc) is 2.88. The number of imidazole rings is 1. The highest BCUT2D eigenvalue weighted by atomic mass is 16.6. The molecule has 0 spiro atoms. The molecule has 2 aromatic carbocycles. The summed E-state index contributed by atoms with van der Waals surface area (Å²) in [7, 11) is 0. The molecule has 6 nitrogen and oxygen atoms in total. The zero-order chi connectivity index (χ0) is 16.7. The summed E-state index contributed by atoms with van der Waals surface area (Å²) in [5.74, 6) is 1.28. The largest absolute Gasteiger partial charge is 0.486 e. The maximum Gasteiger partial charge on any atom is 0.336 e. The summed E-state index contributed by atoms with van der Waals surface area (Å²) in [5, 5.41) is 9.37. The van der Waals surface area contributed by atoms with Gasteiger partial charge in [0.15, 0.2) is 11.5 Å². The summed E-state index contributed by atoms with van der Waals surface area (Å²) >= 11 is 0. The average molecular weight is 324 g/mol. The van der Waals surface area contributed by atoms with Gasteiger partial charge in [0.1, 0.15) is 19.0 Å². The van der Waals surface area contributed by atoms with E-state index in [9.17, 15) is 9.90 Å². The molecule has 0 bridgehead atoms. The fraction of sp³-hybridized carbons (Fsp3) is 0.222. The van der Waals surface area contributed by atoms with Crippen molar-refractivity contribution in [1.82, 2.24) is 9.55 Å². The highest BCUT2D eigenvalue weighted by Crippen LogP contribution is 2.35. The van der Waals surface area contributed by atoms with Crippen molar-refractivity contribution in [2.24, 2.45) is 0 Å². The van der Waals surface area contributed by atoms with Crippen molar-refractivity contribution in [3.63, 3.8) is 0 Å². The molecule has 3 aromatic rings. The first-order chi connectivity index (χ1) is 11.6. The lowest BCUT2D eigenvalue weighted by Gasteiger charge is -2.18. The third kappa shape index (κ3) is 2.36. The van der Waals surface area contributed by atoms with E-state index in [0.29, 0.717) is 36.8 Å². The molecule has 0 saturated carbocycles. The molecule has 122 valence electrons. The number of nitrogens with zero attached hydrogens (tertiary/aromatic N) is 2. The number of hydrogen-bond donors (Lipinski definition) is 1. The van der Waals surface area contributed by atoms with Crippen LogP contribution in [0.1, 0.15) is 21.7 Å². The molecule has 24 heavy (non-hydrogen) atoms. The second-order valence-electron chi connectivity index (χ2n) is 5.69. The zero-order valence-corrected chi connectivity index (χ0v) is 13.2. The first-order valence-corrected chi connectivity index (χ1v) is 7.71. The Labute approximate surface area is 138 Å². The molecule has 0 amide bonds. The minimum Gasteiger partial charge on any atom is -0.486 e. The zero-order valence-electron chi connectivity index (χ0n) is 13.2. The number of aromatic nitrogens is 2. The van der Waals surface area contributed by atoms with Crippen molar-refractivity contribution in [2.45, 2.75) is 13.5 Å². The predicted octanol–water partition coefficient (Wildman–Crippen LogP) is 2.86. The quantitative estimate of drug-likeness (QED) is 0.802. The lowest BCUT2D eigenvalue weighted by atomic mass is 10.1. The Kier molecular flexibility index (Phi) is 3.37. The summed E-state index contributed by atoms with van der Waals surface area (Å²) in [5.41, 5.74) is 2.75. The number of carbonyl (C=O) groups is 1. The van der Waals surface area contributed by atoms with E-state index in [1.807, 2.05) is 35.8 Å². The van der Waals surface area contributed by atoms with Crippen LogP contribution in [0.25, 0.3) is 11.0 Å². The van der Waals surface area contributed by atoms with Gasteiger partial charge in [-0.05, 0) is 18.6 Å². The monoisotopic (exact) mass is 324 g/mol. The maximum absolute atomic E-state index is 11.4. The van der Waals surface area contributed by atoms with E-state index in [-0.39, 0.29) is 0 Å². The number of fused-ring (bicyclic) bond motifs is 2. The molecule has 0 radical (unpaired) electrons. The van der Waals surface area contributed by atoms with Gasteiger partial charge in [-0.3, -0.25) is 0 Å². The van der Waals surface area contributed by atoms with E-state index in [1.54, 1.807) is 12.1 Å². The number of benzene rings is 2. The third-order valence-electron chi connectivity index (χ3n) is 4.18. The van der Waals surface area contributed by atoms with Gasteiger partial charge in [0.05, 0.1) is 23.1 Å². The van der Waals surface area contributed by atoms with E-state index in [4.69, 9.17) is 9.47 Å². The van der Waals surface area contributed by atoms with Crippen LogP contribution in [-0.4, -0.2) is 33.8 Å². The van der Waals surface area contributed by atoms with Gasteiger partial charge in [-0.15, -0.1) is 0 Å². The first-order valence-electron chi connectivity index (χ1n) is 7.71. The van der Waals surface area contributed by atoms with Crippen LogP contribution in [0.3, 0.4) is 0 Å². The van der Waals surface area contributed by atoms with Gasteiger partial charge in [-0.2, -0.15) is 0 Å². The number of ether oxygens (including phenoxy) is 2. The van der Waals surface area contributed by atoms with Crippen LogP contribution in [0.2, 0.25) is 0 Å². The Morgan fingerprint density at radius 3 is 2.67 bits per heavy atom. The summed E-state index contributed by atoms with van der Waals surface area (Å²) in [6, 6.07) is 10.8. The molecule has 0 fully saturated rings. The van der Waals surface area contributed by atoms with Crippen LogP contribution in [0.4, 0.5) is 0 Å². The van der Waals surface area contributed by atoms with Gasteiger partial charge < -0.3 is 19.1 Å². The number of rotatable bonds is 3. The molecular weight excluding hydrogens is 308 g/mol.